The van der Waals surface area contributed by atoms with E-state index in [0.29, 0.717) is 59.3 Å². The van der Waals surface area contributed by atoms with Crippen LogP contribution in [0.25, 0.3) is 106 Å². The second-order valence-electron chi connectivity index (χ2n) is 26.6. The third-order valence-corrected chi connectivity index (χ3v) is 18.2. The van der Waals surface area contributed by atoms with Gasteiger partial charge in [0.25, 0.3) is 6.33 Å². The molecule has 0 saturated carbocycles. The Kier molecular flexibility index (Phi) is 9.02. The molecule has 5 nitrogen and oxygen atoms in total. The van der Waals surface area contributed by atoms with Crippen LogP contribution in [0.15, 0.2) is 188 Å². The third-order valence-electron chi connectivity index (χ3n) is 18.2. The largest absolute Gasteiger partial charge is 0.510 e. The molecule has 0 unspecified atom stereocenters. The maximum absolute atomic E-state index is 10.8. The predicted molar refractivity (Wildman–Crippen MR) is 350 cm³/mol. The van der Waals surface area contributed by atoms with Crippen molar-refractivity contribution in [3.63, 3.8) is 0 Å². The van der Waals surface area contributed by atoms with Gasteiger partial charge in [0.2, 0.25) is 0 Å². The van der Waals surface area contributed by atoms with Crippen LogP contribution in [0.5, 0.6) is 11.5 Å². The number of rotatable bonds is 6. The maximum atomic E-state index is 10.8. The van der Waals surface area contributed by atoms with Crippen molar-refractivity contribution in [2.45, 2.75) is 129 Å². The first-order valence-corrected chi connectivity index (χ1v) is 29.1. The van der Waals surface area contributed by atoms with Gasteiger partial charge in [-0.05, 0) is 160 Å². The molecule has 4 heterocycles. The van der Waals surface area contributed by atoms with Crippen molar-refractivity contribution in [2.75, 3.05) is 0 Å². The molecule has 12 aromatic rings. The zero-order valence-corrected chi connectivity index (χ0v) is 52.1. The summed E-state index contributed by atoms with van der Waals surface area (Å²) in [5.74, 6) is 1.000. The van der Waals surface area contributed by atoms with Crippen molar-refractivity contribution in [1.82, 2.24) is 14.1 Å². The minimum absolute atomic E-state index is 0. The maximum Gasteiger partial charge on any atom is 0.268 e. The van der Waals surface area contributed by atoms with E-state index in [9.17, 15) is 24.7 Å². The number of aromatic nitrogens is 4. The molecule has 0 bridgehead atoms. The molecule has 3 aliphatic rings. The van der Waals surface area contributed by atoms with E-state index >= 15 is 0 Å². The summed E-state index contributed by atoms with van der Waals surface area (Å²) in [6.07, 6.45) is 7.52. The Hall–Kier alpha value is -8.11. The van der Waals surface area contributed by atoms with Crippen LogP contribution < -0.4 is 9.30 Å². The number of nitrogens with zero attached hydrogens (tertiary/aromatic N) is 4. The first-order valence-electron chi connectivity index (χ1n) is 38.1. The number of para-hydroxylation sites is 2. The number of imidazole rings is 1. The fraction of sp³-hybridized carbons (Fsp3) is 0.250. The minimum Gasteiger partial charge on any atom is -0.510 e. The van der Waals surface area contributed by atoms with Gasteiger partial charge in [0.15, 0.2) is 0 Å². The van der Waals surface area contributed by atoms with Crippen molar-refractivity contribution in [3.8, 4) is 84.3 Å². The van der Waals surface area contributed by atoms with Crippen molar-refractivity contribution in [2.24, 2.45) is 0 Å². The molecule has 86 heavy (non-hydrogen) atoms. The second kappa shape index (κ2) is 20.0. The fourth-order valence-corrected chi connectivity index (χ4v) is 13.1. The molecule has 6 heteroatoms. The molecule has 15 rings (SSSR count). The van der Waals surface area contributed by atoms with Crippen LogP contribution in [-0.4, -0.2) is 14.1 Å². The number of fused-ring (bicyclic) bond motifs is 12. The van der Waals surface area contributed by atoms with E-state index < -0.39 is 156 Å². The summed E-state index contributed by atoms with van der Waals surface area (Å²) in [7, 11) is 0. The van der Waals surface area contributed by atoms with E-state index in [-0.39, 0.29) is 90.0 Å². The van der Waals surface area contributed by atoms with Gasteiger partial charge in [-0.25, -0.2) is 4.98 Å². The smallest absolute Gasteiger partial charge is 0.268 e. The van der Waals surface area contributed by atoms with Gasteiger partial charge >= 0.3 is 0 Å². The minimum atomic E-state index is -0.870. The Morgan fingerprint density at radius 3 is 1.88 bits per heavy atom. The monoisotopic (exact) mass is 1320 g/mol. The molecule has 0 spiro atoms. The Balaban J connectivity index is 0.00000913. The van der Waals surface area contributed by atoms with E-state index in [1.165, 1.54) is 9.13 Å². The van der Waals surface area contributed by atoms with Gasteiger partial charge in [-0.2, -0.15) is 18.2 Å². The zero-order chi connectivity index (χ0) is 74.2. The molecule has 0 N–H and O–H groups in total. The number of ether oxygens (including phenoxy) is 1. The van der Waals surface area contributed by atoms with E-state index in [4.69, 9.17) is 9.72 Å². The van der Waals surface area contributed by atoms with Gasteiger partial charge in [-0.1, -0.05) is 215 Å². The van der Waals surface area contributed by atoms with Gasteiger partial charge < -0.3 is 13.9 Å². The predicted octanol–water partition coefficient (Wildman–Crippen LogP) is 20.2. The summed E-state index contributed by atoms with van der Waals surface area (Å²) in [5.41, 5.74) is -4.19. The molecule has 3 aromatic heterocycles. The molecular formula is C80H72N4OPt-2. The Morgan fingerprint density at radius 1 is 0.535 bits per heavy atom. The molecule has 430 valence electrons. The molecule has 0 amide bonds. The Morgan fingerprint density at radius 2 is 1.15 bits per heavy atom. The van der Waals surface area contributed by atoms with Crippen LogP contribution in [0, 0.1) is 18.5 Å². The van der Waals surface area contributed by atoms with Crippen molar-refractivity contribution < 1.29 is 55.0 Å². The topological polar surface area (TPSA) is 35.9 Å². The summed E-state index contributed by atoms with van der Waals surface area (Å²) in [5, 5.41) is 1.81. The van der Waals surface area contributed by atoms with Crippen LogP contribution >= 0.6 is 0 Å². The normalized spacial score (nSPS) is 18.9. The quantitative estimate of drug-likeness (QED) is 0.123. The number of benzene rings is 9. The van der Waals surface area contributed by atoms with Gasteiger partial charge in [-0.3, -0.25) is 4.57 Å². The van der Waals surface area contributed by atoms with Gasteiger partial charge in [-0.15, -0.1) is 29.7 Å². The zero-order valence-electron chi connectivity index (χ0n) is 67.8. The average molecular weight is 1320 g/mol. The standard InChI is InChI=1S/C80H72N4O.Pt/c1-76(2,3)52-38-43-81-72(46-52)84-69-28-17-16-25-61(69)62-33-32-55(48-71(62)84)85-54-21-18-20-53(47-54)82-49-83-74-64(27-19-29-70(74)82)60-24-13-12-22-58(60)59-23-14-15-26-63(59)73-56(50-30-36-65-67(44-50)79(8,9)41-39-77(65,4)5)34-35-57(75(73)83)51-31-37-66-68(45-51)80(10,11)42-40-78(66,6)7;/h12-38,43-46H,39-42H2,1-11H3;/q-2;/i12D,13D,14D,15D,19D,22D,23D,24D,26D,27D,29D,30D,31D,34D,35D,36D,44D,45D;. The van der Waals surface area contributed by atoms with E-state index in [0.717, 1.165) is 21.9 Å². The molecular weight excluding hydrogens is 1230 g/mol. The third kappa shape index (κ3) is 8.88. The summed E-state index contributed by atoms with van der Waals surface area (Å²) >= 11 is 0. The summed E-state index contributed by atoms with van der Waals surface area (Å²) < 4.78 is 194. The average Bonchev–Trinajstić information content (AvgIpc) is 1.31. The van der Waals surface area contributed by atoms with Gasteiger partial charge in [0.05, 0.1) is 41.4 Å². The van der Waals surface area contributed by atoms with Crippen LogP contribution in [0.1, 0.15) is 154 Å². The Labute approximate surface area is 546 Å². The van der Waals surface area contributed by atoms with Crippen LogP contribution in [-0.2, 0) is 48.1 Å². The molecule has 0 atom stereocenters. The van der Waals surface area contributed by atoms with Crippen LogP contribution in [0.2, 0.25) is 0 Å². The molecule has 0 radical (unpaired) electrons. The summed E-state index contributed by atoms with van der Waals surface area (Å²) in [6, 6.07) is 16.9. The van der Waals surface area contributed by atoms with E-state index in [1.54, 1.807) is 36.5 Å². The van der Waals surface area contributed by atoms with Gasteiger partial charge in [0.1, 0.15) is 5.82 Å². The van der Waals surface area contributed by atoms with E-state index in [2.05, 4.69) is 39.2 Å². The number of hydrogen-bond donors (Lipinski definition) is 0. The molecule has 2 aliphatic carbocycles. The number of hydrogen-bond acceptors (Lipinski definition) is 2. The summed E-state index contributed by atoms with van der Waals surface area (Å²) in [6.45, 7) is 22.1. The SMILES string of the molecule is [2H]c1cc2c(c([2H])c1-c1c([2H])c([2H])c(-c3c([2H])c([2H])c4c(c3[2H])C(C)(C)CCC4(C)C)c3c1-[n+]1[c-]n(-c4[c-]c(Oc5[c-]c6c(cc5)c5ccccc5n6-c5cc(C(C)(C)C)ccn5)ccc4)c4c([2H])c([2H])c([2H])c(c41)-c1c([2H])c([2H])c([2H])c([2H])c1-c1c([2H])c([2H])c([2H])c([2H])c1-3)C(C)(C)CCC2(C)C.[Pt]. The molecule has 9 aromatic carbocycles. The summed E-state index contributed by atoms with van der Waals surface area (Å²) in [4.78, 5) is 4.84. The molecule has 0 saturated heterocycles. The molecule has 0 fully saturated rings. The van der Waals surface area contributed by atoms with Crippen molar-refractivity contribution >= 4 is 32.8 Å². The first kappa shape index (κ1) is 38.8. The Bertz CT molecular complexity index is 5840. The van der Waals surface area contributed by atoms with Crippen LogP contribution in [0.3, 0.4) is 0 Å². The number of pyridine rings is 1. The fourth-order valence-electron chi connectivity index (χ4n) is 13.1. The second-order valence-corrected chi connectivity index (χ2v) is 26.6. The first-order chi connectivity index (χ1) is 48.2. The van der Waals surface area contributed by atoms with Crippen LogP contribution in [0.4, 0.5) is 0 Å². The van der Waals surface area contributed by atoms with E-state index in [1.807, 2.05) is 102 Å². The molecule has 1 aliphatic heterocycles. The van der Waals surface area contributed by atoms with Crippen molar-refractivity contribution in [3.05, 3.63) is 234 Å². The van der Waals surface area contributed by atoms with Gasteiger partial charge in [0, 0.05) is 49.8 Å². The van der Waals surface area contributed by atoms with Crippen molar-refractivity contribution in [1.29, 1.82) is 0 Å².